The average Bonchev–Trinajstić information content (AvgIpc) is 3.66. The number of hydrogen-bond acceptors (Lipinski definition) is 0. The molecule has 240 valence electrons. The summed E-state index contributed by atoms with van der Waals surface area (Å²) in [6.45, 7) is 20.7. The summed E-state index contributed by atoms with van der Waals surface area (Å²) in [5.74, 6) is 0. The van der Waals surface area contributed by atoms with Crippen LogP contribution < -0.4 is 30.0 Å². The Morgan fingerprint density at radius 1 is 0.696 bits per heavy atom. The van der Waals surface area contributed by atoms with Crippen LogP contribution in [0.15, 0.2) is 115 Å². The van der Waals surface area contributed by atoms with Crippen LogP contribution in [0.5, 0.6) is 0 Å². The van der Waals surface area contributed by atoms with Gasteiger partial charge in [0.1, 0.15) is 0 Å². The normalized spacial score (nSPS) is 11.7. The van der Waals surface area contributed by atoms with E-state index in [2.05, 4.69) is 183 Å². The van der Waals surface area contributed by atoms with E-state index in [9.17, 15) is 0 Å². The molecule has 5 aromatic carbocycles. The molecule has 4 heteroatoms. The maximum absolute atomic E-state index is 3.53. The Kier molecular flexibility index (Phi) is 14.5. The van der Waals surface area contributed by atoms with Gasteiger partial charge in [-0.2, -0.15) is 47.5 Å². The van der Waals surface area contributed by atoms with Gasteiger partial charge in [0.2, 0.25) is 0 Å². The molecule has 46 heavy (non-hydrogen) atoms. The van der Waals surface area contributed by atoms with Gasteiger partial charge in [-0.25, -0.2) is 11.3 Å². The Balaban J connectivity index is 0.000000256. The van der Waals surface area contributed by atoms with E-state index >= 15 is 0 Å². The van der Waals surface area contributed by atoms with E-state index in [0.29, 0.717) is 0 Å². The number of halogens is 2. The first-order valence-electron chi connectivity index (χ1n) is 15.7. The fourth-order valence-electron chi connectivity index (χ4n) is 5.24. The van der Waals surface area contributed by atoms with Gasteiger partial charge >= 0.3 is 99.2 Å². The molecular formula is C42H48Cl2SiZr-2. The van der Waals surface area contributed by atoms with Crippen LogP contribution in [0.4, 0.5) is 0 Å². The predicted molar refractivity (Wildman–Crippen MR) is 192 cm³/mol. The van der Waals surface area contributed by atoms with Crippen LogP contribution in [0.3, 0.4) is 0 Å². The molecule has 0 nitrogen and oxygen atoms in total. The van der Waals surface area contributed by atoms with Crippen LogP contribution in [0.2, 0.25) is 19.6 Å². The van der Waals surface area contributed by atoms with E-state index in [1.807, 2.05) is 0 Å². The van der Waals surface area contributed by atoms with Crippen LogP contribution in [-0.4, -0.2) is 11.3 Å². The van der Waals surface area contributed by atoms with Crippen LogP contribution in [0.1, 0.15) is 74.9 Å². The number of benzene rings is 4. The molecule has 0 bridgehead atoms. The van der Waals surface area contributed by atoms with Crippen molar-refractivity contribution in [2.24, 2.45) is 0 Å². The maximum atomic E-state index is 3.53. The van der Waals surface area contributed by atoms with Gasteiger partial charge in [0.05, 0.1) is 0 Å². The van der Waals surface area contributed by atoms with Crippen molar-refractivity contribution in [3.8, 4) is 11.1 Å². The van der Waals surface area contributed by atoms with Crippen molar-refractivity contribution in [3.63, 3.8) is 0 Å². The molecule has 5 aromatic rings. The van der Waals surface area contributed by atoms with Crippen molar-refractivity contribution in [1.29, 1.82) is 0 Å². The topological polar surface area (TPSA) is 0 Å². The van der Waals surface area contributed by atoms with Crippen LogP contribution >= 0.6 is 0 Å². The molecule has 1 aliphatic rings. The Morgan fingerprint density at radius 2 is 1.22 bits per heavy atom. The minimum absolute atomic E-state index is 0. The minimum atomic E-state index is -0.981. The van der Waals surface area contributed by atoms with Gasteiger partial charge in [-0.15, -0.1) is 5.56 Å². The molecule has 6 rings (SSSR count). The molecule has 0 heterocycles. The summed E-state index contributed by atoms with van der Waals surface area (Å²) in [5.41, 5.74) is 11.4. The summed E-state index contributed by atoms with van der Waals surface area (Å²) < 4.78 is 1.42. The molecule has 0 amide bonds. The van der Waals surface area contributed by atoms with E-state index in [4.69, 9.17) is 0 Å². The SMILES string of the molecule is CC(C)(C)c1c[c-]c2c(c1)-c1cc(C(C)(C)C)ccc1C2.C[Si](C)(C)c1cc[cH-]c1.[Cl-].[Cl-].[Zr+2]=[C](c1ccccc1)c1ccccc1. The van der Waals surface area contributed by atoms with Crippen molar-refractivity contribution in [2.45, 2.75) is 78.4 Å². The molecule has 0 unspecified atom stereocenters. The molecule has 0 aliphatic heterocycles. The van der Waals surface area contributed by atoms with Gasteiger partial charge < -0.3 is 24.8 Å². The summed E-state index contributed by atoms with van der Waals surface area (Å²) in [7, 11) is -0.981. The predicted octanol–water partition coefficient (Wildman–Crippen LogP) is 4.41. The third-order valence-corrected chi connectivity index (χ3v) is 11.7. The number of fused-ring (bicyclic) bond motifs is 3. The molecule has 0 radical (unpaired) electrons. The first-order chi connectivity index (χ1) is 20.6. The third kappa shape index (κ3) is 10.6. The second kappa shape index (κ2) is 16.7. The monoisotopic (exact) mass is 740 g/mol. The van der Waals surface area contributed by atoms with Crippen molar-refractivity contribution in [1.82, 2.24) is 0 Å². The average molecular weight is 743 g/mol. The molecule has 0 fully saturated rings. The summed E-state index contributed by atoms with van der Waals surface area (Å²) >= 11 is 1.46. The molecule has 0 aromatic heterocycles. The molecule has 0 atom stereocenters. The van der Waals surface area contributed by atoms with Gasteiger partial charge in [-0.3, -0.25) is 0 Å². The van der Waals surface area contributed by atoms with Crippen molar-refractivity contribution >= 4 is 16.5 Å². The fraction of sp³-hybridized carbons (Fsp3) is 0.286. The summed E-state index contributed by atoms with van der Waals surface area (Å²) in [4.78, 5) is 0. The standard InChI is InChI=1S/C21H25.C13H10.C8H13Si.2ClH.Zr/c1-20(2,3)16-9-7-14-11-15-8-10-17(21(4,5)6)13-19(15)18(14)12-16;1-3-7-12(8-4-1)11-13-9-5-2-6-10-13;1-9(2,3)8-6-4-5-7-8;;;/h7,9-10,12-13H,11H2,1-6H3;1-10H;4-7H,1-3H3;2*1H;/q-1;;-1;;;+2/p-2. The molecule has 0 spiro atoms. The van der Waals surface area contributed by atoms with E-state index in [1.165, 1.54) is 71.9 Å². The number of rotatable bonds is 3. The van der Waals surface area contributed by atoms with E-state index in [1.54, 1.807) is 5.19 Å². The third-order valence-electron chi connectivity index (χ3n) is 8.18. The van der Waals surface area contributed by atoms with E-state index in [0.717, 1.165) is 6.42 Å². The molecule has 0 saturated carbocycles. The Labute approximate surface area is 307 Å². The zero-order valence-electron chi connectivity index (χ0n) is 28.9. The van der Waals surface area contributed by atoms with Crippen molar-refractivity contribution in [3.05, 3.63) is 155 Å². The summed E-state index contributed by atoms with van der Waals surface area (Å²) in [6, 6.07) is 44.9. The van der Waals surface area contributed by atoms with Gasteiger partial charge in [0.15, 0.2) is 0 Å². The Hall–Kier alpha value is -2.22. The second-order valence-electron chi connectivity index (χ2n) is 14.9. The van der Waals surface area contributed by atoms with E-state index in [-0.39, 0.29) is 35.6 Å². The zero-order chi connectivity index (χ0) is 32.1. The summed E-state index contributed by atoms with van der Waals surface area (Å²) in [6.07, 6.45) is 1.03. The molecule has 0 N–H and O–H groups in total. The second-order valence-corrected chi connectivity index (χ2v) is 21.2. The van der Waals surface area contributed by atoms with Crippen molar-refractivity contribution in [2.75, 3.05) is 0 Å². The van der Waals surface area contributed by atoms with Gasteiger partial charge in [0.25, 0.3) is 0 Å². The quantitative estimate of drug-likeness (QED) is 0.186. The van der Waals surface area contributed by atoms with Gasteiger partial charge in [-0.05, 0) is 17.4 Å². The Bertz CT molecular complexity index is 1570. The zero-order valence-corrected chi connectivity index (χ0v) is 33.9. The van der Waals surface area contributed by atoms with E-state index < -0.39 is 8.07 Å². The van der Waals surface area contributed by atoms with Crippen LogP contribution in [0.25, 0.3) is 11.1 Å². The molecular weight excluding hydrogens is 695 g/mol. The van der Waals surface area contributed by atoms with Crippen LogP contribution in [0, 0.1) is 6.07 Å². The van der Waals surface area contributed by atoms with Crippen molar-refractivity contribution < 1.29 is 49.0 Å². The molecule has 1 aliphatic carbocycles. The molecule has 0 saturated heterocycles. The first-order valence-corrected chi connectivity index (χ1v) is 20.5. The van der Waals surface area contributed by atoms with Gasteiger partial charge in [0, 0.05) is 8.07 Å². The fourth-order valence-corrected chi connectivity index (χ4v) is 7.25. The van der Waals surface area contributed by atoms with Crippen LogP contribution in [-0.2, 0) is 41.5 Å². The van der Waals surface area contributed by atoms with Gasteiger partial charge in [-0.1, -0.05) is 95.9 Å². The number of hydrogen-bond donors (Lipinski definition) is 0. The Morgan fingerprint density at radius 3 is 1.65 bits per heavy atom. The first kappa shape index (κ1) is 40.0. The summed E-state index contributed by atoms with van der Waals surface area (Å²) in [5, 5.41) is 1.56.